The Labute approximate surface area is 182 Å². The van der Waals surface area contributed by atoms with Crippen LogP contribution in [0.4, 0.5) is 11.4 Å². The minimum absolute atomic E-state index is 0.0803. The summed E-state index contributed by atoms with van der Waals surface area (Å²) in [4.78, 5) is 29.1. The number of amides is 2. The molecule has 1 heterocycles. The van der Waals surface area contributed by atoms with Crippen molar-refractivity contribution in [3.05, 3.63) is 59.7 Å². The Morgan fingerprint density at radius 2 is 1.77 bits per heavy atom. The maximum absolute atomic E-state index is 12.5. The zero-order chi connectivity index (χ0) is 22.2. The molecule has 1 fully saturated rings. The van der Waals surface area contributed by atoms with Crippen molar-refractivity contribution in [3.63, 3.8) is 0 Å². The third-order valence-corrected chi connectivity index (χ3v) is 5.24. The van der Waals surface area contributed by atoms with E-state index in [1.807, 2.05) is 49.3 Å². The number of carbonyl (C=O) groups is 2. The van der Waals surface area contributed by atoms with Crippen LogP contribution < -0.4 is 15.5 Å². The van der Waals surface area contributed by atoms with E-state index in [1.165, 1.54) is 0 Å². The van der Waals surface area contributed by atoms with Crippen molar-refractivity contribution in [2.45, 2.75) is 6.04 Å². The van der Waals surface area contributed by atoms with Crippen molar-refractivity contribution in [1.82, 2.24) is 10.2 Å². The van der Waals surface area contributed by atoms with Gasteiger partial charge in [0, 0.05) is 39.4 Å². The van der Waals surface area contributed by atoms with Gasteiger partial charge < -0.3 is 20.3 Å². The molecule has 1 unspecified atom stereocenters. The number of nitrogens with one attached hydrogen (secondary N) is 2. The summed E-state index contributed by atoms with van der Waals surface area (Å²) in [6.45, 7) is 3.04. The van der Waals surface area contributed by atoms with Gasteiger partial charge in [0.15, 0.2) is 0 Å². The van der Waals surface area contributed by atoms with Crippen LogP contribution in [0, 0.1) is 11.3 Å². The van der Waals surface area contributed by atoms with Gasteiger partial charge >= 0.3 is 11.8 Å². The highest BCUT2D eigenvalue weighted by molar-refractivity contribution is 6.39. The molecule has 0 bridgehead atoms. The molecule has 2 amide bonds. The van der Waals surface area contributed by atoms with Gasteiger partial charge in [-0.15, -0.1) is 0 Å². The van der Waals surface area contributed by atoms with Gasteiger partial charge in [-0.3, -0.25) is 14.5 Å². The van der Waals surface area contributed by atoms with Crippen molar-refractivity contribution >= 4 is 23.2 Å². The summed E-state index contributed by atoms with van der Waals surface area (Å²) in [5.74, 6) is -1.54. The molecule has 0 aliphatic carbocycles. The highest BCUT2D eigenvalue weighted by Crippen LogP contribution is 2.24. The first-order valence-corrected chi connectivity index (χ1v) is 10.2. The van der Waals surface area contributed by atoms with E-state index >= 15 is 0 Å². The van der Waals surface area contributed by atoms with Crippen molar-refractivity contribution < 1.29 is 14.3 Å². The molecule has 0 spiro atoms. The Hall–Kier alpha value is -3.41. The fourth-order valence-corrected chi connectivity index (χ4v) is 3.48. The number of nitriles is 1. The SMILES string of the molecule is CN(C)c1ccc(C(CNC(=O)C(=O)Nc2ccccc2C#N)N2CCOCC2)cc1. The largest absolute Gasteiger partial charge is 0.379 e. The van der Waals surface area contributed by atoms with Crippen molar-refractivity contribution in [3.8, 4) is 6.07 Å². The number of rotatable bonds is 6. The van der Waals surface area contributed by atoms with Gasteiger partial charge in [-0.25, -0.2) is 0 Å². The lowest BCUT2D eigenvalue weighted by atomic mass is 10.0. The molecule has 0 radical (unpaired) electrons. The molecule has 0 saturated carbocycles. The number of anilines is 2. The average molecular weight is 422 g/mol. The van der Waals surface area contributed by atoms with E-state index in [9.17, 15) is 9.59 Å². The van der Waals surface area contributed by atoms with Gasteiger partial charge in [0.05, 0.1) is 30.5 Å². The second kappa shape index (κ2) is 10.6. The van der Waals surface area contributed by atoms with Crippen LogP contribution in [0.3, 0.4) is 0 Å². The summed E-state index contributed by atoms with van der Waals surface area (Å²) in [6.07, 6.45) is 0. The van der Waals surface area contributed by atoms with E-state index in [0.29, 0.717) is 24.5 Å². The molecule has 2 N–H and O–H groups in total. The molecule has 31 heavy (non-hydrogen) atoms. The zero-order valence-electron chi connectivity index (χ0n) is 17.8. The van der Waals surface area contributed by atoms with Gasteiger partial charge in [0.1, 0.15) is 6.07 Å². The summed E-state index contributed by atoms with van der Waals surface area (Å²) < 4.78 is 5.46. The summed E-state index contributed by atoms with van der Waals surface area (Å²) >= 11 is 0. The Morgan fingerprint density at radius 1 is 1.10 bits per heavy atom. The van der Waals surface area contributed by atoms with E-state index in [2.05, 4.69) is 15.5 Å². The minimum Gasteiger partial charge on any atom is -0.379 e. The molecule has 2 aromatic rings. The number of carbonyl (C=O) groups excluding carboxylic acids is 2. The Kier molecular flexibility index (Phi) is 7.60. The molecule has 1 aliphatic rings. The number of hydrogen-bond acceptors (Lipinski definition) is 6. The molecule has 8 nitrogen and oxygen atoms in total. The number of benzene rings is 2. The Balaban J connectivity index is 1.68. The molecule has 1 saturated heterocycles. The fraction of sp³-hybridized carbons (Fsp3) is 0.348. The van der Waals surface area contributed by atoms with Crippen LogP contribution in [-0.2, 0) is 14.3 Å². The lowest BCUT2D eigenvalue weighted by Crippen LogP contribution is -2.45. The number of para-hydroxylation sites is 1. The van der Waals surface area contributed by atoms with E-state index in [4.69, 9.17) is 10.00 Å². The zero-order valence-corrected chi connectivity index (χ0v) is 17.8. The van der Waals surface area contributed by atoms with Gasteiger partial charge in [0.25, 0.3) is 0 Å². The van der Waals surface area contributed by atoms with Crippen LogP contribution in [0.25, 0.3) is 0 Å². The van der Waals surface area contributed by atoms with E-state index < -0.39 is 11.8 Å². The molecule has 162 valence electrons. The quantitative estimate of drug-likeness (QED) is 0.690. The van der Waals surface area contributed by atoms with Crippen LogP contribution in [-0.4, -0.2) is 63.7 Å². The summed E-state index contributed by atoms with van der Waals surface area (Å²) in [5, 5.41) is 14.4. The summed E-state index contributed by atoms with van der Waals surface area (Å²) in [5.41, 5.74) is 2.76. The lowest BCUT2D eigenvalue weighted by Gasteiger charge is -2.35. The molecule has 1 aliphatic heterocycles. The fourth-order valence-electron chi connectivity index (χ4n) is 3.48. The second-order valence-corrected chi connectivity index (χ2v) is 7.47. The molecule has 0 aromatic heterocycles. The van der Waals surface area contributed by atoms with Crippen molar-refractivity contribution in [2.75, 3.05) is 57.2 Å². The maximum Gasteiger partial charge on any atom is 0.313 e. The smallest absolute Gasteiger partial charge is 0.313 e. The van der Waals surface area contributed by atoms with E-state index in [0.717, 1.165) is 24.3 Å². The first-order valence-electron chi connectivity index (χ1n) is 10.2. The molecular formula is C23H27N5O3. The first kappa shape index (κ1) is 22.3. The third kappa shape index (κ3) is 5.81. The molecule has 3 rings (SSSR count). The number of nitrogens with zero attached hydrogens (tertiary/aromatic N) is 3. The average Bonchev–Trinajstić information content (AvgIpc) is 2.80. The number of ether oxygens (including phenoxy) is 1. The monoisotopic (exact) mass is 421 g/mol. The van der Waals surface area contributed by atoms with Gasteiger partial charge in [0.2, 0.25) is 0 Å². The predicted molar refractivity (Wildman–Crippen MR) is 119 cm³/mol. The maximum atomic E-state index is 12.5. The molecule has 1 atom stereocenters. The number of morpholine rings is 1. The normalized spacial score (nSPS) is 14.9. The van der Waals surface area contributed by atoms with E-state index in [-0.39, 0.29) is 12.6 Å². The van der Waals surface area contributed by atoms with Crippen LogP contribution in [0.15, 0.2) is 48.5 Å². The van der Waals surface area contributed by atoms with Crippen LogP contribution >= 0.6 is 0 Å². The minimum atomic E-state index is -0.800. The molecule has 2 aromatic carbocycles. The Morgan fingerprint density at radius 3 is 2.42 bits per heavy atom. The van der Waals surface area contributed by atoms with E-state index in [1.54, 1.807) is 24.3 Å². The Bertz CT molecular complexity index is 946. The predicted octanol–water partition coefficient (Wildman–Crippen LogP) is 1.75. The highest BCUT2D eigenvalue weighted by Gasteiger charge is 2.25. The molecule has 8 heteroatoms. The van der Waals surface area contributed by atoms with Gasteiger partial charge in [-0.05, 0) is 29.8 Å². The number of hydrogen-bond donors (Lipinski definition) is 2. The van der Waals surface area contributed by atoms with Crippen LogP contribution in [0.5, 0.6) is 0 Å². The molecular weight excluding hydrogens is 394 g/mol. The lowest BCUT2D eigenvalue weighted by molar-refractivity contribution is -0.136. The van der Waals surface area contributed by atoms with Crippen molar-refractivity contribution in [2.24, 2.45) is 0 Å². The van der Waals surface area contributed by atoms with Crippen LogP contribution in [0.1, 0.15) is 17.2 Å². The topological polar surface area (TPSA) is 97.7 Å². The van der Waals surface area contributed by atoms with Crippen molar-refractivity contribution in [1.29, 1.82) is 5.26 Å². The summed E-state index contributed by atoms with van der Waals surface area (Å²) in [6, 6.07) is 16.7. The second-order valence-electron chi connectivity index (χ2n) is 7.47. The van der Waals surface area contributed by atoms with Crippen LogP contribution in [0.2, 0.25) is 0 Å². The van der Waals surface area contributed by atoms with Gasteiger partial charge in [-0.1, -0.05) is 24.3 Å². The van der Waals surface area contributed by atoms with Gasteiger partial charge in [-0.2, -0.15) is 5.26 Å². The first-order chi connectivity index (χ1) is 15.0. The standard InChI is InChI=1S/C23H27N5O3/c1-27(2)19-9-7-17(8-10-19)21(28-11-13-31-14-12-28)16-25-22(29)23(30)26-20-6-4-3-5-18(20)15-24/h3-10,21H,11-14,16H2,1-2H3,(H,25,29)(H,26,30). The summed E-state index contributed by atoms with van der Waals surface area (Å²) in [7, 11) is 3.97. The highest BCUT2D eigenvalue weighted by atomic mass is 16.5. The third-order valence-electron chi connectivity index (χ3n) is 5.24.